The fourth-order valence-corrected chi connectivity index (χ4v) is 3.56. The fourth-order valence-electron chi connectivity index (χ4n) is 3.56. The van der Waals surface area contributed by atoms with Crippen molar-refractivity contribution in [1.29, 1.82) is 0 Å². The average molecular weight is 396 g/mol. The molecule has 0 amide bonds. The van der Waals surface area contributed by atoms with Crippen LogP contribution in [0, 0.1) is 0 Å². The van der Waals surface area contributed by atoms with Gasteiger partial charge in [-0.25, -0.2) is 9.78 Å². The van der Waals surface area contributed by atoms with E-state index in [0.29, 0.717) is 6.54 Å². The fraction of sp³-hybridized carbons (Fsp3) is 0.474. The number of aromatic nitrogens is 6. The van der Waals surface area contributed by atoms with Crippen molar-refractivity contribution in [2.24, 2.45) is 7.05 Å². The van der Waals surface area contributed by atoms with Crippen molar-refractivity contribution in [3.63, 3.8) is 0 Å². The molecule has 10 nitrogen and oxygen atoms in total. The summed E-state index contributed by atoms with van der Waals surface area (Å²) in [7, 11) is 1.44. The Bertz CT molecular complexity index is 1100. The van der Waals surface area contributed by atoms with E-state index in [-0.39, 0.29) is 23.7 Å². The summed E-state index contributed by atoms with van der Waals surface area (Å²) < 4.78 is 2.44. The number of hydrogen-bond donors (Lipinski definition) is 1. The van der Waals surface area contributed by atoms with E-state index >= 15 is 0 Å². The predicted octanol–water partition coefficient (Wildman–Crippen LogP) is 0.226. The molecule has 152 valence electrons. The second-order valence-electron chi connectivity index (χ2n) is 7.23. The van der Waals surface area contributed by atoms with Gasteiger partial charge in [-0.15, -0.1) is 10.2 Å². The van der Waals surface area contributed by atoms with E-state index in [4.69, 9.17) is 0 Å². The van der Waals surface area contributed by atoms with Gasteiger partial charge in [0.15, 0.2) is 11.2 Å². The smallest absolute Gasteiger partial charge is 0.332 e. The second kappa shape index (κ2) is 8.48. The van der Waals surface area contributed by atoms with E-state index in [1.54, 1.807) is 18.5 Å². The molecular formula is C19H24N8O2. The van der Waals surface area contributed by atoms with Crippen LogP contribution in [0.15, 0.2) is 34.1 Å². The minimum absolute atomic E-state index is 0.117. The van der Waals surface area contributed by atoms with Gasteiger partial charge in [-0.05, 0) is 37.6 Å². The monoisotopic (exact) mass is 396 g/mol. The van der Waals surface area contributed by atoms with Gasteiger partial charge in [-0.1, -0.05) is 12.5 Å². The largest absolute Gasteiger partial charge is 0.352 e. The number of hydrogen-bond acceptors (Lipinski definition) is 8. The number of pyridine rings is 1. The Balaban J connectivity index is 1.60. The summed E-state index contributed by atoms with van der Waals surface area (Å²) in [5, 5.41) is 11.4. The molecule has 3 aromatic rings. The molecule has 1 saturated heterocycles. The molecule has 0 atom stereocenters. The Kier molecular flexibility index (Phi) is 5.61. The third-order valence-electron chi connectivity index (χ3n) is 5.17. The molecule has 4 rings (SSSR count). The number of nitrogens with zero attached hydrogens (tertiary/aromatic N) is 7. The number of nitrogens with one attached hydrogen (secondary N) is 1. The molecule has 4 heterocycles. The Morgan fingerprint density at radius 1 is 1.14 bits per heavy atom. The first kappa shape index (κ1) is 19.2. The average Bonchev–Trinajstić information content (AvgIpc) is 2.77. The van der Waals surface area contributed by atoms with Crippen LogP contribution in [-0.2, 0) is 13.6 Å². The maximum atomic E-state index is 12.6. The number of anilines is 1. The summed E-state index contributed by atoms with van der Waals surface area (Å²) in [5.74, 6) is 0.290. The lowest BCUT2D eigenvalue weighted by Crippen LogP contribution is -2.39. The van der Waals surface area contributed by atoms with Gasteiger partial charge < -0.3 is 10.2 Å². The van der Waals surface area contributed by atoms with Crippen LogP contribution in [0.5, 0.6) is 0 Å². The SMILES string of the molecule is Cn1c(=O)c2nc(NCCN3CCCCC3)nnc2n(Cc2cccnc2)c1=O. The van der Waals surface area contributed by atoms with Gasteiger partial charge >= 0.3 is 5.69 Å². The van der Waals surface area contributed by atoms with Gasteiger partial charge in [0.1, 0.15) is 0 Å². The van der Waals surface area contributed by atoms with Crippen LogP contribution in [0.2, 0.25) is 0 Å². The molecular weight excluding hydrogens is 372 g/mol. The van der Waals surface area contributed by atoms with E-state index in [2.05, 4.69) is 30.4 Å². The first-order chi connectivity index (χ1) is 14.1. The van der Waals surface area contributed by atoms with Crippen molar-refractivity contribution in [3.05, 3.63) is 50.9 Å². The summed E-state index contributed by atoms with van der Waals surface area (Å²) in [6.45, 7) is 4.01. The molecule has 1 N–H and O–H groups in total. The van der Waals surface area contributed by atoms with Crippen LogP contribution in [0.4, 0.5) is 5.95 Å². The summed E-state index contributed by atoms with van der Waals surface area (Å²) in [6, 6.07) is 3.65. The standard InChI is InChI=1S/C19H24N8O2/c1-25-17(28)15-16(27(19(25)29)13-14-6-5-7-20-12-14)23-24-18(22-15)21-8-11-26-9-3-2-4-10-26/h5-7,12H,2-4,8-11,13H2,1H3,(H,21,22,24). The number of rotatable bonds is 6. The maximum Gasteiger partial charge on any atom is 0.332 e. The molecule has 10 heteroatoms. The molecule has 0 spiro atoms. The van der Waals surface area contributed by atoms with Crippen LogP contribution in [0.3, 0.4) is 0 Å². The third-order valence-corrected chi connectivity index (χ3v) is 5.17. The predicted molar refractivity (Wildman–Crippen MR) is 109 cm³/mol. The molecule has 0 saturated carbocycles. The van der Waals surface area contributed by atoms with Crippen molar-refractivity contribution in [2.75, 3.05) is 31.5 Å². The highest BCUT2D eigenvalue weighted by atomic mass is 16.2. The molecule has 3 aromatic heterocycles. The van der Waals surface area contributed by atoms with Crippen LogP contribution in [0.1, 0.15) is 24.8 Å². The summed E-state index contributed by atoms with van der Waals surface area (Å²) in [6.07, 6.45) is 7.10. The van der Waals surface area contributed by atoms with Crippen LogP contribution >= 0.6 is 0 Å². The Morgan fingerprint density at radius 2 is 1.97 bits per heavy atom. The summed E-state index contributed by atoms with van der Waals surface area (Å²) >= 11 is 0. The molecule has 0 bridgehead atoms. The minimum Gasteiger partial charge on any atom is -0.352 e. The zero-order valence-corrected chi connectivity index (χ0v) is 16.4. The molecule has 1 fully saturated rings. The normalized spacial score (nSPS) is 14.9. The van der Waals surface area contributed by atoms with Gasteiger partial charge in [0.05, 0.1) is 6.54 Å². The van der Waals surface area contributed by atoms with E-state index in [9.17, 15) is 9.59 Å². The lowest BCUT2D eigenvalue weighted by atomic mass is 10.1. The molecule has 0 aliphatic carbocycles. The van der Waals surface area contributed by atoms with Crippen LogP contribution in [0.25, 0.3) is 11.2 Å². The van der Waals surface area contributed by atoms with Gasteiger partial charge in [-0.3, -0.25) is 18.9 Å². The van der Waals surface area contributed by atoms with E-state index < -0.39 is 11.2 Å². The zero-order valence-electron chi connectivity index (χ0n) is 16.4. The quantitative estimate of drug-likeness (QED) is 0.630. The Hall–Kier alpha value is -3.14. The van der Waals surface area contributed by atoms with Crippen molar-refractivity contribution in [3.8, 4) is 0 Å². The summed E-state index contributed by atoms with van der Waals surface area (Å²) in [4.78, 5) is 36.0. The van der Waals surface area contributed by atoms with E-state index in [0.717, 1.165) is 29.8 Å². The second-order valence-corrected chi connectivity index (χ2v) is 7.23. The topological polar surface area (TPSA) is 111 Å². The summed E-state index contributed by atoms with van der Waals surface area (Å²) in [5.41, 5.74) is 0.157. The molecule has 0 unspecified atom stereocenters. The molecule has 0 aromatic carbocycles. The van der Waals surface area contributed by atoms with E-state index in [1.807, 2.05) is 6.07 Å². The van der Waals surface area contributed by atoms with Crippen LogP contribution < -0.4 is 16.6 Å². The molecule has 1 aliphatic rings. The van der Waals surface area contributed by atoms with Gasteiger partial charge in [-0.2, -0.15) is 0 Å². The minimum atomic E-state index is -0.485. The number of fused-ring (bicyclic) bond motifs is 1. The van der Waals surface area contributed by atoms with Gasteiger partial charge in [0, 0.05) is 32.5 Å². The van der Waals surface area contributed by atoms with Gasteiger partial charge in [0.2, 0.25) is 5.95 Å². The molecule has 29 heavy (non-hydrogen) atoms. The first-order valence-corrected chi connectivity index (χ1v) is 9.83. The highest BCUT2D eigenvalue weighted by molar-refractivity contribution is 5.69. The van der Waals surface area contributed by atoms with E-state index in [1.165, 1.54) is 30.9 Å². The van der Waals surface area contributed by atoms with Crippen molar-refractivity contribution < 1.29 is 0 Å². The number of piperidine rings is 1. The van der Waals surface area contributed by atoms with Crippen molar-refractivity contribution in [2.45, 2.75) is 25.8 Å². The van der Waals surface area contributed by atoms with Gasteiger partial charge in [0.25, 0.3) is 5.56 Å². The third kappa shape index (κ3) is 4.16. The Morgan fingerprint density at radius 3 is 2.72 bits per heavy atom. The maximum absolute atomic E-state index is 12.6. The first-order valence-electron chi connectivity index (χ1n) is 9.83. The molecule has 0 radical (unpaired) electrons. The lowest BCUT2D eigenvalue weighted by Gasteiger charge is -2.26. The highest BCUT2D eigenvalue weighted by Crippen LogP contribution is 2.09. The highest BCUT2D eigenvalue weighted by Gasteiger charge is 2.16. The van der Waals surface area contributed by atoms with Crippen molar-refractivity contribution >= 4 is 17.1 Å². The van der Waals surface area contributed by atoms with Crippen LogP contribution in [-0.4, -0.2) is 60.4 Å². The van der Waals surface area contributed by atoms with Crippen molar-refractivity contribution in [1.82, 2.24) is 34.2 Å². The zero-order chi connectivity index (χ0) is 20.2. The molecule has 1 aliphatic heterocycles. The Labute approximate surface area is 167 Å². The lowest BCUT2D eigenvalue weighted by molar-refractivity contribution is 0.237. The number of likely N-dealkylation sites (tertiary alicyclic amines) is 1.